The quantitative estimate of drug-likeness (QED) is 0.616. The van der Waals surface area contributed by atoms with Gasteiger partial charge in [-0.1, -0.05) is 30.3 Å². The van der Waals surface area contributed by atoms with Crippen LogP contribution in [0.1, 0.15) is 0 Å². The van der Waals surface area contributed by atoms with Gasteiger partial charge in [0.25, 0.3) is 10.1 Å². The summed E-state index contributed by atoms with van der Waals surface area (Å²) in [4.78, 5) is 0. The average molecular weight is 234 g/mol. The minimum absolute atomic E-state index is 0.00644. The van der Waals surface area contributed by atoms with Crippen molar-refractivity contribution in [3.05, 3.63) is 30.3 Å². The van der Waals surface area contributed by atoms with Gasteiger partial charge in [-0.15, -0.1) is 0 Å². The number of hydrogen-bond acceptors (Lipinski definition) is 3. The van der Waals surface area contributed by atoms with E-state index in [1.807, 2.05) is 0 Å². The van der Waals surface area contributed by atoms with E-state index in [1.54, 1.807) is 30.3 Å². The highest BCUT2D eigenvalue weighted by atomic mass is 32.2. The molecule has 6 heteroatoms. The first-order valence-electron chi connectivity index (χ1n) is 4.02. The second kappa shape index (κ2) is 4.73. The van der Waals surface area contributed by atoms with Crippen molar-refractivity contribution in [1.29, 1.82) is 0 Å². The third kappa shape index (κ3) is 4.05. The molecule has 1 unspecified atom stereocenters. The standard InChI is InChI=1S/C8H11O4PS/c9-13(6-7-14(10,11)12)8-4-2-1-3-5-8/h1-5,13H,6-7H2,(H,10,11,12). The molecule has 0 aliphatic heterocycles. The number of benzene rings is 1. The fourth-order valence-corrected chi connectivity index (χ4v) is 3.62. The van der Waals surface area contributed by atoms with Gasteiger partial charge in [-0.25, -0.2) is 0 Å². The van der Waals surface area contributed by atoms with Gasteiger partial charge in [-0.2, -0.15) is 8.42 Å². The van der Waals surface area contributed by atoms with E-state index in [2.05, 4.69) is 0 Å². The first kappa shape index (κ1) is 11.4. The van der Waals surface area contributed by atoms with Gasteiger partial charge < -0.3 is 4.57 Å². The summed E-state index contributed by atoms with van der Waals surface area (Å²) in [5.41, 5.74) is 0. The SMILES string of the molecule is O=[PH](CCS(=O)(=O)O)c1ccccc1. The highest BCUT2D eigenvalue weighted by Crippen LogP contribution is 2.19. The van der Waals surface area contributed by atoms with Crippen molar-refractivity contribution in [3.8, 4) is 0 Å². The molecule has 0 spiro atoms. The zero-order valence-electron chi connectivity index (χ0n) is 7.38. The van der Waals surface area contributed by atoms with Crippen LogP contribution in [-0.2, 0) is 14.7 Å². The van der Waals surface area contributed by atoms with Crippen molar-refractivity contribution in [1.82, 2.24) is 0 Å². The Kier molecular flexibility index (Phi) is 3.86. The molecule has 1 aromatic carbocycles. The topological polar surface area (TPSA) is 71.4 Å². The van der Waals surface area contributed by atoms with Crippen LogP contribution in [0.5, 0.6) is 0 Å². The molecule has 0 aliphatic carbocycles. The molecule has 0 amide bonds. The van der Waals surface area contributed by atoms with E-state index in [1.165, 1.54) is 0 Å². The van der Waals surface area contributed by atoms with E-state index in [0.29, 0.717) is 5.30 Å². The smallest absolute Gasteiger partial charge is 0.265 e. The molecule has 0 fully saturated rings. The maximum atomic E-state index is 11.5. The maximum absolute atomic E-state index is 11.5. The van der Waals surface area contributed by atoms with Crippen LogP contribution in [0.2, 0.25) is 0 Å². The molecular formula is C8H11O4PS. The summed E-state index contributed by atoms with van der Waals surface area (Å²) in [7, 11) is -6.09. The summed E-state index contributed by atoms with van der Waals surface area (Å²) in [5, 5.41) is 0.640. The zero-order valence-corrected chi connectivity index (χ0v) is 9.20. The molecule has 1 aromatic rings. The highest BCUT2D eigenvalue weighted by molar-refractivity contribution is 7.86. The highest BCUT2D eigenvalue weighted by Gasteiger charge is 2.09. The predicted octanol–water partition coefficient (Wildman–Crippen LogP) is 0.759. The Bertz CT molecular complexity index is 412. The van der Waals surface area contributed by atoms with E-state index < -0.39 is 23.7 Å². The monoisotopic (exact) mass is 234 g/mol. The molecule has 0 saturated carbocycles. The normalized spacial score (nSPS) is 13.8. The van der Waals surface area contributed by atoms with E-state index in [9.17, 15) is 13.0 Å². The Balaban J connectivity index is 2.61. The van der Waals surface area contributed by atoms with E-state index in [-0.39, 0.29) is 6.16 Å². The van der Waals surface area contributed by atoms with E-state index in [4.69, 9.17) is 4.55 Å². The van der Waals surface area contributed by atoms with Crippen LogP contribution in [0.4, 0.5) is 0 Å². The summed E-state index contributed by atoms with van der Waals surface area (Å²) in [6, 6.07) is 8.65. The summed E-state index contributed by atoms with van der Waals surface area (Å²) in [6.07, 6.45) is -0.00644. The molecule has 78 valence electrons. The summed E-state index contributed by atoms with van der Waals surface area (Å²) in [6.45, 7) is 0. The largest absolute Gasteiger partial charge is 0.322 e. The molecule has 1 N–H and O–H groups in total. The Morgan fingerprint density at radius 3 is 2.29 bits per heavy atom. The molecule has 0 bridgehead atoms. The number of hydrogen-bond donors (Lipinski definition) is 1. The lowest BCUT2D eigenvalue weighted by Crippen LogP contribution is -2.08. The van der Waals surface area contributed by atoms with Gasteiger partial charge >= 0.3 is 0 Å². The lowest BCUT2D eigenvalue weighted by molar-refractivity contribution is 0.484. The Labute approximate surface area is 83.5 Å². The van der Waals surface area contributed by atoms with E-state index in [0.717, 1.165) is 0 Å². The zero-order chi connectivity index (χ0) is 10.6. The molecule has 1 rings (SSSR count). The minimum atomic E-state index is -4.00. The Morgan fingerprint density at radius 1 is 1.21 bits per heavy atom. The molecular weight excluding hydrogens is 223 g/mol. The van der Waals surface area contributed by atoms with Crippen LogP contribution in [0.15, 0.2) is 30.3 Å². The molecule has 0 aliphatic rings. The molecule has 0 heterocycles. The van der Waals surface area contributed by atoms with Gasteiger partial charge in [-0.05, 0) is 0 Å². The van der Waals surface area contributed by atoms with Gasteiger partial charge in [-0.3, -0.25) is 4.55 Å². The third-order valence-corrected chi connectivity index (χ3v) is 4.45. The van der Waals surface area contributed by atoms with Gasteiger partial charge in [0, 0.05) is 11.5 Å². The van der Waals surface area contributed by atoms with Crippen LogP contribution in [0.25, 0.3) is 0 Å². The molecule has 0 saturated heterocycles. The van der Waals surface area contributed by atoms with Gasteiger partial charge in [0.1, 0.15) is 7.80 Å². The first-order chi connectivity index (χ1) is 6.49. The molecule has 0 aromatic heterocycles. The predicted molar refractivity (Wildman–Crippen MR) is 56.4 cm³/mol. The lowest BCUT2D eigenvalue weighted by atomic mass is 10.4. The van der Waals surface area contributed by atoms with Gasteiger partial charge in [0.05, 0.1) is 5.75 Å². The van der Waals surface area contributed by atoms with E-state index >= 15 is 0 Å². The molecule has 4 nitrogen and oxygen atoms in total. The van der Waals surface area contributed by atoms with Gasteiger partial charge in [0.15, 0.2) is 0 Å². The van der Waals surface area contributed by atoms with Gasteiger partial charge in [0.2, 0.25) is 0 Å². The summed E-state index contributed by atoms with van der Waals surface area (Å²) in [5.74, 6) is -0.445. The van der Waals surface area contributed by atoms with Crippen molar-refractivity contribution in [2.75, 3.05) is 11.9 Å². The summed E-state index contributed by atoms with van der Waals surface area (Å²) >= 11 is 0. The Morgan fingerprint density at radius 2 is 1.79 bits per heavy atom. The Hall–Kier alpha value is -0.640. The minimum Gasteiger partial charge on any atom is -0.322 e. The second-order valence-electron chi connectivity index (χ2n) is 2.83. The second-order valence-corrected chi connectivity index (χ2v) is 6.32. The number of rotatable bonds is 4. The van der Waals surface area contributed by atoms with Crippen LogP contribution >= 0.6 is 7.80 Å². The first-order valence-corrected chi connectivity index (χ1v) is 7.25. The van der Waals surface area contributed by atoms with Crippen molar-refractivity contribution in [2.45, 2.75) is 0 Å². The summed E-state index contributed by atoms with van der Waals surface area (Å²) < 4.78 is 40.8. The maximum Gasteiger partial charge on any atom is 0.265 e. The third-order valence-electron chi connectivity index (χ3n) is 1.68. The van der Waals surface area contributed by atoms with Crippen molar-refractivity contribution in [3.63, 3.8) is 0 Å². The van der Waals surface area contributed by atoms with Crippen LogP contribution in [-0.4, -0.2) is 24.9 Å². The molecule has 0 radical (unpaired) electrons. The van der Waals surface area contributed by atoms with Crippen molar-refractivity contribution < 1.29 is 17.5 Å². The van der Waals surface area contributed by atoms with Crippen molar-refractivity contribution >= 4 is 23.2 Å². The fraction of sp³-hybridized carbons (Fsp3) is 0.250. The molecule has 1 atom stereocenters. The van der Waals surface area contributed by atoms with Crippen molar-refractivity contribution in [2.24, 2.45) is 0 Å². The van der Waals surface area contributed by atoms with Crippen LogP contribution in [0.3, 0.4) is 0 Å². The lowest BCUT2D eigenvalue weighted by Gasteiger charge is -1.99. The average Bonchev–Trinajstić information content (AvgIpc) is 2.14. The molecule has 14 heavy (non-hydrogen) atoms. The van der Waals surface area contributed by atoms with Crippen LogP contribution < -0.4 is 5.30 Å². The van der Waals surface area contributed by atoms with Crippen LogP contribution in [0, 0.1) is 0 Å². The fourth-order valence-electron chi connectivity index (χ4n) is 0.990.